The van der Waals surface area contributed by atoms with Gasteiger partial charge in [0.25, 0.3) is 0 Å². The number of benzene rings is 2. The Morgan fingerprint density at radius 2 is 1.69 bits per heavy atom. The first-order valence-electron chi connectivity index (χ1n) is 8.53. The molecule has 0 bridgehead atoms. The molecule has 0 aromatic heterocycles. The number of carbonyl (C=O) groups excluding carboxylic acids is 2. The molecule has 3 N–H and O–H groups in total. The van der Waals surface area contributed by atoms with E-state index in [1.807, 2.05) is 67.6 Å². The molecule has 0 radical (unpaired) electrons. The molecule has 2 aromatic carbocycles. The number of halogens is 1. The Balaban J connectivity index is 0.00000243. The molecule has 1 aliphatic rings. The highest BCUT2D eigenvalue weighted by molar-refractivity contribution is 5.90. The topological polar surface area (TPSA) is 75.4 Å². The van der Waals surface area contributed by atoms with Gasteiger partial charge in [0.15, 0.2) is 0 Å². The molecule has 2 aromatic rings. The summed E-state index contributed by atoms with van der Waals surface area (Å²) in [4.78, 5) is 27.2. The van der Waals surface area contributed by atoms with Gasteiger partial charge in [0.2, 0.25) is 11.8 Å². The van der Waals surface area contributed by atoms with Crippen LogP contribution in [0.1, 0.15) is 30.1 Å². The van der Waals surface area contributed by atoms with E-state index in [-0.39, 0.29) is 24.2 Å². The maximum absolute atomic E-state index is 13.1. The van der Waals surface area contributed by atoms with Gasteiger partial charge in [-0.2, -0.15) is 0 Å². The molecule has 5 nitrogen and oxygen atoms in total. The van der Waals surface area contributed by atoms with Crippen LogP contribution >= 0.6 is 12.4 Å². The zero-order valence-electron chi connectivity index (χ0n) is 14.7. The maximum atomic E-state index is 13.1. The Hall–Kier alpha value is -2.37. The molecule has 0 spiro atoms. The molecular weight excluding hydrogens is 350 g/mol. The summed E-state index contributed by atoms with van der Waals surface area (Å²) < 4.78 is 0. The summed E-state index contributed by atoms with van der Waals surface area (Å²) in [6.07, 6.45) is 0. The van der Waals surface area contributed by atoms with Crippen LogP contribution in [-0.4, -0.2) is 29.8 Å². The quantitative estimate of drug-likeness (QED) is 0.864. The van der Waals surface area contributed by atoms with Gasteiger partial charge in [0.05, 0.1) is 5.92 Å². The minimum Gasteiger partial charge on any atom is -0.352 e. The summed E-state index contributed by atoms with van der Waals surface area (Å²) in [7, 11) is 0. The summed E-state index contributed by atoms with van der Waals surface area (Å²) in [5.74, 6) is -0.661. The number of hydrogen-bond acceptors (Lipinski definition) is 3. The fourth-order valence-corrected chi connectivity index (χ4v) is 3.25. The highest BCUT2D eigenvalue weighted by Gasteiger charge is 2.37. The van der Waals surface area contributed by atoms with Crippen LogP contribution < -0.4 is 11.1 Å². The summed E-state index contributed by atoms with van der Waals surface area (Å²) in [6, 6.07) is 18.0. The lowest BCUT2D eigenvalue weighted by Gasteiger charge is -2.37. The second-order valence-electron chi connectivity index (χ2n) is 6.36. The Bertz CT molecular complexity index is 739. The first-order chi connectivity index (χ1) is 12.1. The number of piperazine rings is 1. The summed E-state index contributed by atoms with van der Waals surface area (Å²) in [5.41, 5.74) is 8.05. The molecule has 3 atom stereocenters. The van der Waals surface area contributed by atoms with Crippen LogP contribution in [0.3, 0.4) is 0 Å². The van der Waals surface area contributed by atoms with Gasteiger partial charge >= 0.3 is 0 Å². The standard InChI is InChI=1S/C20H23N3O2.ClH/c1-14(17(21)15-8-4-2-5-9-15)20(25)23-13-12-22-19(24)18(23)16-10-6-3-7-11-16;/h2-11,14,17-18H,12-13,21H2,1H3,(H,22,24);1H. The van der Waals surface area contributed by atoms with Crippen LogP contribution in [0, 0.1) is 5.92 Å². The summed E-state index contributed by atoms with van der Waals surface area (Å²) >= 11 is 0. The lowest BCUT2D eigenvalue weighted by Crippen LogP contribution is -2.54. The van der Waals surface area contributed by atoms with Gasteiger partial charge in [-0.15, -0.1) is 12.4 Å². The lowest BCUT2D eigenvalue weighted by molar-refractivity contribution is -0.146. The molecule has 1 fully saturated rings. The first kappa shape index (κ1) is 19.9. The van der Waals surface area contributed by atoms with Gasteiger partial charge in [-0.25, -0.2) is 0 Å². The van der Waals surface area contributed by atoms with E-state index in [2.05, 4.69) is 5.32 Å². The van der Waals surface area contributed by atoms with Gasteiger partial charge in [0, 0.05) is 19.1 Å². The van der Waals surface area contributed by atoms with Gasteiger partial charge in [-0.05, 0) is 11.1 Å². The van der Waals surface area contributed by atoms with Crippen LogP contribution in [-0.2, 0) is 9.59 Å². The van der Waals surface area contributed by atoms with E-state index in [4.69, 9.17) is 5.73 Å². The second-order valence-corrected chi connectivity index (χ2v) is 6.36. The Morgan fingerprint density at radius 3 is 2.31 bits per heavy atom. The second kappa shape index (κ2) is 8.83. The van der Waals surface area contributed by atoms with Crippen molar-refractivity contribution in [1.82, 2.24) is 10.2 Å². The van der Waals surface area contributed by atoms with Crippen LogP contribution in [0.15, 0.2) is 60.7 Å². The third kappa shape index (κ3) is 4.06. The van der Waals surface area contributed by atoms with Crippen molar-refractivity contribution < 1.29 is 9.59 Å². The highest BCUT2D eigenvalue weighted by Crippen LogP contribution is 2.28. The van der Waals surface area contributed by atoms with Gasteiger partial charge in [-0.1, -0.05) is 67.6 Å². The molecule has 0 saturated carbocycles. The third-order valence-electron chi connectivity index (χ3n) is 4.72. The van der Waals surface area contributed by atoms with E-state index in [1.54, 1.807) is 4.90 Å². The minimum atomic E-state index is -0.604. The monoisotopic (exact) mass is 373 g/mol. The summed E-state index contributed by atoms with van der Waals surface area (Å²) in [6.45, 7) is 2.77. The largest absolute Gasteiger partial charge is 0.352 e. The maximum Gasteiger partial charge on any atom is 0.247 e. The van der Waals surface area contributed by atoms with E-state index >= 15 is 0 Å². The van der Waals surface area contributed by atoms with Crippen molar-refractivity contribution in [3.8, 4) is 0 Å². The normalized spacial score (nSPS) is 19.1. The molecule has 3 unspecified atom stereocenters. The summed E-state index contributed by atoms with van der Waals surface area (Å²) in [5, 5.41) is 2.85. The molecule has 0 aliphatic carbocycles. The van der Waals surface area contributed by atoms with E-state index < -0.39 is 18.0 Å². The SMILES string of the molecule is CC(C(=O)N1CCNC(=O)C1c1ccccc1)C(N)c1ccccc1.Cl. The number of hydrogen-bond donors (Lipinski definition) is 2. The smallest absolute Gasteiger partial charge is 0.247 e. The molecule has 26 heavy (non-hydrogen) atoms. The highest BCUT2D eigenvalue weighted by atomic mass is 35.5. The number of nitrogens with one attached hydrogen (secondary N) is 1. The third-order valence-corrected chi connectivity index (χ3v) is 4.72. The van der Waals surface area contributed by atoms with Crippen molar-refractivity contribution in [3.05, 3.63) is 71.8 Å². The zero-order valence-corrected chi connectivity index (χ0v) is 15.5. The van der Waals surface area contributed by atoms with Gasteiger partial charge < -0.3 is 16.0 Å². The minimum absolute atomic E-state index is 0. The fraction of sp³-hybridized carbons (Fsp3) is 0.300. The van der Waals surface area contributed by atoms with Crippen LogP contribution in [0.4, 0.5) is 0 Å². The molecule has 1 saturated heterocycles. The fourth-order valence-electron chi connectivity index (χ4n) is 3.25. The molecular formula is C20H24ClN3O2. The van der Waals surface area contributed by atoms with E-state index in [0.717, 1.165) is 11.1 Å². The van der Waals surface area contributed by atoms with Crippen molar-refractivity contribution in [3.63, 3.8) is 0 Å². The number of rotatable bonds is 4. The predicted molar refractivity (Wildman–Crippen MR) is 104 cm³/mol. The van der Waals surface area contributed by atoms with Crippen LogP contribution in [0.25, 0.3) is 0 Å². The van der Waals surface area contributed by atoms with E-state index in [9.17, 15) is 9.59 Å². The predicted octanol–water partition coefficient (Wildman–Crippen LogP) is 2.44. The number of carbonyl (C=O) groups is 2. The molecule has 138 valence electrons. The van der Waals surface area contributed by atoms with E-state index in [0.29, 0.717) is 13.1 Å². The van der Waals surface area contributed by atoms with Crippen molar-refractivity contribution in [2.75, 3.05) is 13.1 Å². The van der Waals surface area contributed by atoms with E-state index in [1.165, 1.54) is 0 Å². The Labute approximate surface area is 160 Å². The first-order valence-corrected chi connectivity index (χ1v) is 8.53. The zero-order chi connectivity index (χ0) is 17.8. The average molecular weight is 374 g/mol. The van der Waals surface area contributed by atoms with Gasteiger partial charge in [0.1, 0.15) is 6.04 Å². The van der Waals surface area contributed by atoms with Crippen molar-refractivity contribution in [2.45, 2.75) is 19.0 Å². The number of nitrogens with two attached hydrogens (primary N) is 1. The van der Waals surface area contributed by atoms with Crippen molar-refractivity contribution in [2.24, 2.45) is 11.7 Å². The van der Waals surface area contributed by atoms with Crippen LogP contribution in [0.2, 0.25) is 0 Å². The molecule has 6 heteroatoms. The molecule has 1 heterocycles. The Kier molecular flexibility index (Phi) is 6.77. The van der Waals surface area contributed by atoms with Crippen molar-refractivity contribution in [1.29, 1.82) is 0 Å². The lowest BCUT2D eigenvalue weighted by atomic mass is 9.92. The molecule has 3 rings (SSSR count). The number of amides is 2. The Morgan fingerprint density at radius 1 is 1.12 bits per heavy atom. The van der Waals surface area contributed by atoms with Crippen LogP contribution in [0.5, 0.6) is 0 Å². The van der Waals surface area contributed by atoms with Crippen molar-refractivity contribution >= 4 is 24.2 Å². The molecule has 2 amide bonds. The number of nitrogens with zero attached hydrogens (tertiary/aromatic N) is 1. The molecule has 1 aliphatic heterocycles. The average Bonchev–Trinajstić information content (AvgIpc) is 2.67. The van der Waals surface area contributed by atoms with Gasteiger partial charge in [-0.3, -0.25) is 9.59 Å².